The van der Waals surface area contributed by atoms with Crippen LogP contribution in [0, 0.1) is 5.92 Å². The van der Waals surface area contributed by atoms with Gasteiger partial charge in [-0.15, -0.1) is 0 Å². The van der Waals surface area contributed by atoms with Gasteiger partial charge in [0, 0.05) is 0 Å². The lowest BCUT2D eigenvalue weighted by Gasteiger charge is -2.16. The van der Waals surface area contributed by atoms with Crippen molar-refractivity contribution in [2.45, 2.75) is 78.6 Å². The Morgan fingerprint density at radius 1 is 0.688 bits per heavy atom. The number of rotatable bonds is 12. The van der Waals surface area contributed by atoms with Gasteiger partial charge < -0.3 is 5.32 Å². The minimum Gasteiger partial charge on any atom is -0.317 e. The molecule has 0 heterocycles. The molecule has 0 aromatic carbocycles. The molecule has 0 amide bonds. The molecule has 1 N–H and O–H groups in total. The minimum atomic E-state index is 1.00. The zero-order valence-corrected chi connectivity index (χ0v) is 11.9. The van der Waals surface area contributed by atoms with Gasteiger partial charge in [0.2, 0.25) is 0 Å². The third-order valence-electron chi connectivity index (χ3n) is 3.32. The van der Waals surface area contributed by atoms with Gasteiger partial charge in [-0.2, -0.15) is 0 Å². The molecule has 0 rings (SSSR count). The summed E-state index contributed by atoms with van der Waals surface area (Å²) in [6, 6.07) is 0. The average Bonchev–Trinajstić information content (AvgIpc) is 2.31. The Bertz CT molecular complexity index is 115. The zero-order valence-electron chi connectivity index (χ0n) is 11.9. The molecule has 0 spiro atoms. The van der Waals surface area contributed by atoms with Crippen LogP contribution in [0.2, 0.25) is 0 Å². The molecule has 0 radical (unpaired) electrons. The lowest BCUT2D eigenvalue weighted by molar-refractivity contribution is 0.380. The summed E-state index contributed by atoms with van der Waals surface area (Å²) in [4.78, 5) is 0. The molecule has 1 nitrogen and oxygen atoms in total. The van der Waals surface area contributed by atoms with Crippen LogP contribution in [0.15, 0.2) is 0 Å². The van der Waals surface area contributed by atoms with Crippen LogP contribution >= 0.6 is 0 Å². The Labute approximate surface area is 103 Å². The van der Waals surface area contributed by atoms with Crippen LogP contribution < -0.4 is 5.32 Å². The second-order valence-electron chi connectivity index (χ2n) is 5.04. The highest BCUT2D eigenvalue weighted by Gasteiger charge is 2.07. The van der Waals surface area contributed by atoms with Crippen molar-refractivity contribution in [1.82, 2.24) is 5.32 Å². The van der Waals surface area contributed by atoms with E-state index in [1.54, 1.807) is 0 Å². The van der Waals surface area contributed by atoms with Crippen molar-refractivity contribution >= 4 is 0 Å². The largest absolute Gasteiger partial charge is 0.317 e. The highest BCUT2D eigenvalue weighted by Crippen LogP contribution is 2.20. The molecule has 1 heteroatoms. The van der Waals surface area contributed by atoms with Crippen LogP contribution in [0.1, 0.15) is 78.6 Å². The summed E-state index contributed by atoms with van der Waals surface area (Å²) in [5, 5.41) is 3.50. The number of unbranched alkanes of at least 4 members (excludes halogenated alkanes) is 2. The van der Waals surface area contributed by atoms with Crippen LogP contribution in [0.3, 0.4) is 0 Å². The van der Waals surface area contributed by atoms with Crippen molar-refractivity contribution in [3.63, 3.8) is 0 Å². The number of nitrogens with one attached hydrogen (secondary N) is 1. The molecule has 0 aliphatic rings. The van der Waals surface area contributed by atoms with Crippen LogP contribution in [0.5, 0.6) is 0 Å². The van der Waals surface area contributed by atoms with E-state index in [0.717, 1.165) is 5.92 Å². The zero-order chi connectivity index (χ0) is 12.1. The van der Waals surface area contributed by atoms with Gasteiger partial charge in [-0.3, -0.25) is 0 Å². The van der Waals surface area contributed by atoms with Crippen molar-refractivity contribution in [2.24, 2.45) is 5.92 Å². The first-order chi connectivity index (χ1) is 7.85. The number of hydrogen-bond acceptors (Lipinski definition) is 1. The van der Waals surface area contributed by atoms with Crippen LogP contribution in [-0.2, 0) is 0 Å². The van der Waals surface area contributed by atoms with Gasteiger partial charge in [0.1, 0.15) is 0 Å². The molecule has 0 unspecified atom stereocenters. The van der Waals surface area contributed by atoms with E-state index in [0.29, 0.717) is 0 Å². The summed E-state index contributed by atoms with van der Waals surface area (Å²) >= 11 is 0. The fraction of sp³-hybridized carbons (Fsp3) is 1.00. The smallest absolute Gasteiger partial charge is 0.00488 e. The maximum Gasteiger partial charge on any atom is -0.00488 e. The fourth-order valence-electron chi connectivity index (χ4n) is 2.24. The molecule has 0 atom stereocenters. The predicted octanol–water partition coefficient (Wildman–Crippen LogP) is 4.76. The normalized spacial score (nSPS) is 11.2. The molecule has 98 valence electrons. The summed E-state index contributed by atoms with van der Waals surface area (Å²) in [6.07, 6.45) is 12.6. The van der Waals surface area contributed by atoms with Gasteiger partial charge in [0.25, 0.3) is 0 Å². The third kappa shape index (κ3) is 10.5. The van der Waals surface area contributed by atoms with Crippen LogP contribution in [0.4, 0.5) is 0 Å². The number of hydrogen-bond donors (Lipinski definition) is 1. The Hall–Kier alpha value is -0.0400. The summed E-state index contributed by atoms with van der Waals surface area (Å²) in [5.41, 5.74) is 0. The van der Waals surface area contributed by atoms with Gasteiger partial charge >= 0.3 is 0 Å². The fourth-order valence-corrected chi connectivity index (χ4v) is 2.24. The van der Waals surface area contributed by atoms with Gasteiger partial charge in [-0.25, -0.2) is 0 Å². The maximum atomic E-state index is 3.50. The molecule has 0 saturated heterocycles. The summed E-state index contributed by atoms with van der Waals surface area (Å²) in [5.74, 6) is 1.00. The summed E-state index contributed by atoms with van der Waals surface area (Å²) in [6.45, 7) is 9.26. The molecule has 0 aliphatic heterocycles. The van der Waals surface area contributed by atoms with Gasteiger partial charge in [0.05, 0.1) is 0 Å². The monoisotopic (exact) mass is 227 g/mol. The van der Waals surface area contributed by atoms with Crippen LogP contribution in [-0.4, -0.2) is 13.1 Å². The molecule has 0 aromatic heterocycles. The molecular formula is C15H33N. The average molecular weight is 227 g/mol. The Balaban J connectivity index is 3.48. The Morgan fingerprint density at radius 2 is 1.25 bits per heavy atom. The molecular weight excluding hydrogens is 194 g/mol. The van der Waals surface area contributed by atoms with Crippen molar-refractivity contribution < 1.29 is 0 Å². The van der Waals surface area contributed by atoms with E-state index < -0.39 is 0 Å². The predicted molar refractivity (Wildman–Crippen MR) is 74.9 cm³/mol. The summed E-state index contributed by atoms with van der Waals surface area (Å²) < 4.78 is 0. The van der Waals surface area contributed by atoms with E-state index in [-0.39, 0.29) is 0 Å². The van der Waals surface area contributed by atoms with E-state index in [1.165, 1.54) is 70.9 Å². The highest BCUT2D eigenvalue weighted by molar-refractivity contribution is 4.61. The highest BCUT2D eigenvalue weighted by atomic mass is 14.8. The molecule has 0 aromatic rings. The van der Waals surface area contributed by atoms with E-state index in [2.05, 4.69) is 26.1 Å². The van der Waals surface area contributed by atoms with Gasteiger partial charge in [0.15, 0.2) is 0 Å². The molecule has 0 bridgehead atoms. The topological polar surface area (TPSA) is 12.0 Å². The summed E-state index contributed by atoms with van der Waals surface area (Å²) in [7, 11) is 0. The molecule has 0 saturated carbocycles. The first kappa shape index (κ1) is 16.0. The van der Waals surface area contributed by atoms with E-state index in [1.807, 2.05) is 0 Å². The molecule has 0 aliphatic carbocycles. The second kappa shape index (κ2) is 13.0. The lowest BCUT2D eigenvalue weighted by atomic mass is 9.91. The minimum absolute atomic E-state index is 1.00. The van der Waals surface area contributed by atoms with Crippen molar-refractivity contribution in [1.29, 1.82) is 0 Å². The SMILES string of the molecule is CCCCC(CCCC)CCCNCCC. The third-order valence-corrected chi connectivity index (χ3v) is 3.32. The Kier molecular flexibility index (Phi) is 13.0. The Morgan fingerprint density at radius 3 is 1.75 bits per heavy atom. The standard InChI is InChI=1S/C15H33N/c1-4-7-10-15(11-8-5-2)12-9-14-16-13-6-3/h15-16H,4-14H2,1-3H3. The second-order valence-corrected chi connectivity index (χ2v) is 5.04. The quantitative estimate of drug-likeness (QED) is 0.474. The van der Waals surface area contributed by atoms with E-state index >= 15 is 0 Å². The van der Waals surface area contributed by atoms with Gasteiger partial charge in [-0.05, 0) is 38.3 Å². The first-order valence-corrected chi connectivity index (χ1v) is 7.55. The molecule has 16 heavy (non-hydrogen) atoms. The lowest BCUT2D eigenvalue weighted by Crippen LogP contribution is -2.17. The van der Waals surface area contributed by atoms with Gasteiger partial charge in [-0.1, -0.05) is 59.3 Å². The van der Waals surface area contributed by atoms with Crippen molar-refractivity contribution in [2.75, 3.05) is 13.1 Å². The van der Waals surface area contributed by atoms with E-state index in [4.69, 9.17) is 0 Å². The van der Waals surface area contributed by atoms with Crippen molar-refractivity contribution in [3.05, 3.63) is 0 Å². The molecule has 0 fully saturated rings. The maximum absolute atomic E-state index is 3.50. The van der Waals surface area contributed by atoms with Crippen molar-refractivity contribution in [3.8, 4) is 0 Å². The first-order valence-electron chi connectivity index (χ1n) is 7.55. The van der Waals surface area contributed by atoms with Crippen LogP contribution in [0.25, 0.3) is 0 Å². The van der Waals surface area contributed by atoms with E-state index in [9.17, 15) is 0 Å².